The highest BCUT2D eigenvalue weighted by molar-refractivity contribution is 5.88. The van der Waals surface area contributed by atoms with Gasteiger partial charge in [-0.15, -0.1) is 0 Å². The first-order chi connectivity index (χ1) is 14.3. The van der Waals surface area contributed by atoms with E-state index < -0.39 is 41.1 Å². The van der Waals surface area contributed by atoms with E-state index in [-0.39, 0.29) is 35.4 Å². The zero-order valence-corrected chi connectivity index (χ0v) is 20.1. The van der Waals surface area contributed by atoms with Crippen molar-refractivity contribution in [2.75, 3.05) is 0 Å². The normalized spacial score (nSPS) is 42.2. The average Bonchev–Trinajstić information content (AvgIpc) is 2.78. The predicted octanol–water partition coefficient (Wildman–Crippen LogP) is 3.70. The largest absolute Gasteiger partial charge is 0.455 e. The molecule has 4 rings (SSSR count). The zero-order chi connectivity index (χ0) is 23.5. The van der Waals surface area contributed by atoms with E-state index in [1.807, 2.05) is 27.7 Å². The van der Waals surface area contributed by atoms with E-state index >= 15 is 0 Å². The van der Waals surface area contributed by atoms with Gasteiger partial charge in [0.1, 0.15) is 18.0 Å². The molecule has 0 aliphatic heterocycles. The number of carbonyl (C=O) groups is 3. The number of hydrogen-bond acceptors (Lipinski definition) is 6. The van der Waals surface area contributed by atoms with Gasteiger partial charge in [0.05, 0.1) is 5.92 Å². The lowest BCUT2D eigenvalue weighted by Gasteiger charge is -2.68. The van der Waals surface area contributed by atoms with Gasteiger partial charge in [0.25, 0.3) is 0 Å². The third kappa shape index (κ3) is 3.37. The molecule has 6 nitrogen and oxygen atoms in total. The molecule has 0 aromatic rings. The summed E-state index contributed by atoms with van der Waals surface area (Å²) in [6, 6.07) is 0. The summed E-state index contributed by atoms with van der Waals surface area (Å²) in [7, 11) is 0. The summed E-state index contributed by atoms with van der Waals surface area (Å²) >= 11 is 0. The fourth-order valence-electron chi connectivity index (χ4n) is 6.65. The number of hydrogen-bond donors (Lipinski definition) is 1. The topological polar surface area (TPSA) is 89.9 Å². The van der Waals surface area contributed by atoms with Gasteiger partial charge in [0.2, 0.25) is 0 Å². The zero-order valence-electron chi connectivity index (χ0n) is 20.1. The first-order valence-corrected chi connectivity index (χ1v) is 11.6. The van der Waals surface area contributed by atoms with Crippen LogP contribution in [0.1, 0.15) is 68.2 Å². The van der Waals surface area contributed by atoms with Gasteiger partial charge >= 0.3 is 11.9 Å². The minimum Gasteiger partial charge on any atom is -0.455 e. The molecule has 0 aromatic carbocycles. The molecule has 174 valence electrons. The standard InChI is InChI=1S/C25H38O6/c1-9-12(3)22(28)30-19-20(27)25(8)16-14(5)11-15(26)17(25)18(16)24(6,7)21(19)31-23(29)13(4)10-2/h10,12,14,16-21,27H,9,11H2,1-8H3/b13-10-/t12-,14-,16+,17-,18+,19+,20-,21-,25-/m1/s1. The second-order valence-corrected chi connectivity index (χ2v) is 10.8. The van der Waals surface area contributed by atoms with Crippen molar-refractivity contribution >= 4 is 17.7 Å². The lowest BCUT2D eigenvalue weighted by molar-refractivity contribution is -0.236. The highest BCUT2D eigenvalue weighted by Gasteiger charge is 2.77. The van der Waals surface area contributed by atoms with Crippen molar-refractivity contribution < 1.29 is 29.0 Å². The number of fused-ring (bicyclic) bond motifs is 3. The number of aliphatic hydroxyl groups excluding tert-OH is 1. The summed E-state index contributed by atoms with van der Waals surface area (Å²) in [6.07, 6.45) is -0.188. The first kappa shape index (κ1) is 24.0. The predicted molar refractivity (Wildman–Crippen MR) is 116 cm³/mol. The van der Waals surface area contributed by atoms with E-state index in [1.165, 1.54) is 0 Å². The number of aliphatic hydroxyl groups is 1. The maximum absolute atomic E-state index is 13.1. The summed E-state index contributed by atoms with van der Waals surface area (Å²) in [5, 5.41) is 11.6. The number of rotatable bonds is 5. The molecular formula is C25H38O6. The monoisotopic (exact) mass is 434 g/mol. The molecule has 0 heterocycles. The molecule has 0 amide bonds. The van der Waals surface area contributed by atoms with E-state index in [0.717, 1.165) is 0 Å². The maximum atomic E-state index is 13.1. The number of ether oxygens (including phenoxy) is 2. The molecule has 4 aliphatic rings. The lowest BCUT2D eigenvalue weighted by Crippen LogP contribution is -2.70. The number of carbonyl (C=O) groups excluding carboxylic acids is 3. The Morgan fingerprint density at radius 2 is 1.84 bits per heavy atom. The Hall–Kier alpha value is -1.69. The molecule has 4 saturated carbocycles. The van der Waals surface area contributed by atoms with Crippen LogP contribution in [-0.2, 0) is 23.9 Å². The van der Waals surface area contributed by atoms with E-state index in [2.05, 4.69) is 6.92 Å². The van der Waals surface area contributed by atoms with Crippen molar-refractivity contribution in [1.29, 1.82) is 0 Å². The maximum Gasteiger partial charge on any atom is 0.333 e. The van der Waals surface area contributed by atoms with E-state index in [1.54, 1.807) is 26.8 Å². The van der Waals surface area contributed by atoms with Crippen molar-refractivity contribution in [3.8, 4) is 0 Å². The van der Waals surface area contributed by atoms with Crippen molar-refractivity contribution in [2.45, 2.75) is 86.5 Å². The minimum absolute atomic E-state index is 0.0422. The minimum atomic E-state index is -1.09. The van der Waals surface area contributed by atoms with Crippen molar-refractivity contribution in [3.05, 3.63) is 11.6 Å². The highest BCUT2D eigenvalue weighted by Crippen LogP contribution is 2.72. The molecule has 1 N–H and O–H groups in total. The third-order valence-corrected chi connectivity index (χ3v) is 8.71. The summed E-state index contributed by atoms with van der Waals surface area (Å²) in [6.45, 7) is 15.1. The molecule has 4 fully saturated rings. The fraction of sp³-hybridized carbons (Fsp3) is 0.800. The van der Waals surface area contributed by atoms with Crippen LogP contribution in [0.2, 0.25) is 0 Å². The Balaban J connectivity index is 2.10. The first-order valence-electron chi connectivity index (χ1n) is 11.6. The third-order valence-electron chi connectivity index (χ3n) is 8.71. The Labute approximate surface area is 185 Å². The summed E-state index contributed by atoms with van der Waals surface area (Å²) < 4.78 is 11.9. The Morgan fingerprint density at radius 1 is 1.23 bits per heavy atom. The van der Waals surface area contributed by atoms with Crippen molar-refractivity contribution in [3.63, 3.8) is 0 Å². The molecule has 6 heteroatoms. The number of allylic oxidation sites excluding steroid dienone is 1. The van der Waals surface area contributed by atoms with Gasteiger partial charge in [0, 0.05) is 28.7 Å². The molecular weight excluding hydrogens is 396 g/mol. The molecule has 0 unspecified atom stereocenters. The molecule has 9 atom stereocenters. The molecule has 0 radical (unpaired) electrons. The van der Waals surface area contributed by atoms with Crippen LogP contribution < -0.4 is 0 Å². The molecule has 4 bridgehead atoms. The van der Waals surface area contributed by atoms with Gasteiger partial charge in [-0.05, 0) is 38.0 Å². The van der Waals surface area contributed by atoms with Gasteiger partial charge in [0.15, 0.2) is 6.10 Å². The van der Waals surface area contributed by atoms with Gasteiger partial charge in [-0.1, -0.05) is 47.6 Å². The second-order valence-electron chi connectivity index (χ2n) is 10.8. The smallest absolute Gasteiger partial charge is 0.333 e. The van der Waals surface area contributed by atoms with Crippen LogP contribution in [0.4, 0.5) is 0 Å². The van der Waals surface area contributed by atoms with Gasteiger partial charge in [-0.2, -0.15) is 0 Å². The van der Waals surface area contributed by atoms with Crippen LogP contribution in [0.15, 0.2) is 11.6 Å². The lowest BCUT2D eigenvalue weighted by atomic mass is 9.35. The fourth-order valence-corrected chi connectivity index (χ4v) is 6.65. The van der Waals surface area contributed by atoms with E-state index in [0.29, 0.717) is 18.4 Å². The van der Waals surface area contributed by atoms with Crippen LogP contribution >= 0.6 is 0 Å². The molecule has 0 spiro atoms. The number of esters is 2. The average molecular weight is 435 g/mol. The van der Waals surface area contributed by atoms with Crippen LogP contribution in [0.25, 0.3) is 0 Å². The Kier molecular flexibility index (Phi) is 6.20. The van der Waals surface area contributed by atoms with Crippen LogP contribution in [0.3, 0.4) is 0 Å². The Morgan fingerprint density at radius 3 is 2.35 bits per heavy atom. The van der Waals surface area contributed by atoms with Crippen molar-refractivity contribution in [1.82, 2.24) is 0 Å². The molecule has 31 heavy (non-hydrogen) atoms. The van der Waals surface area contributed by atoms with Gasteiger partial charge < -0.3 is 14.6 Å². The van der Waals surface area contributed by atoms with Crippen LogP contribution in [0, 0.1) is 40.4 Å². The van der Waals surface area contributed by atoms with Crippen LogP contribution in [-0.4, -0.2) is 41.1 Å². The number of ketones is 1. The highest BCUT2D eigenvalue weighted by atomic mass is 16.6. The molecule has 0 saturated heterocycles. The summed E-state index contributed by atoms with van der Waals surface area (Å²) in [4.78, 5) is 38.6. The number of Topliss-reactive ketones (excluding diaryl/α,β-unsaturated/α-hetero) is 1. The Bertz CT molecular complexity index is 798. The van der Waals surface area contributed by atoms with E-state index in [9.17, 15) is 19.5 Å². The van der Waals surface area contributed by atoms with E-state index in [4.69, 9.17) is 9.47 Å². The van der Waals surface area contributed by atoms with Gasteiger partial charge in [-0.25, -0.2) is 4.79 Å². The quantitative estimate of drug-likeness (QED) is 0.524. The molecule has 4 aliphatic carbocycles. The summed E-state index contributed by atoms with van der Waals surface area (Å²) in [5.41, 5.74) is -0.904. The SMILES string of the molecule is C/C=C(/C)C(=O)O[C@@H]1[C@@H](OC(=O)[C@H](C)CC)[C@@H](O)[C@]2(C)[C@@H]3[C@@H]([C@H]2C(=O)C[C@H]3C)C1(C)C. The second kappa shape index (κ2) is 8.02. The summed E-state index contributed by atoms with van der Waals surface area (Å²) in [5.74, 6) is -1.26. The van der Waals surface area contributed by atoms with Crippen LogP contribution in [0.5, 0.6) is 0 Å². The van der Waals surface area contributed by atoms with Crippen molar-refractivity contribution in [2.24, 2.45) is 40.4 Å². The molecule has 0 aromatic heterocycles. The van der Waals surface area contributed by atoms with Gasteiger partial charge in [-0.3, -0.25) is 9.59 Å².